The van der Waals surface area contributed by atoms with Gasteiger partial charge in [-0.1, -0.05) is 24.3 Å². The molecule has 0 saturated heterocycles. The van der Waals surface area contributed by atoms with Gasteiger partial charge in [-0.25, -0.2) is 43.9 Å². The number of halogens is 16. The van der Waals surface area contributed by atoms with Crippen molar-refractivity contribution in [1.29, 1.82) is 0 Å². The van der Waals surface area contributed by atoms with Gasteiger partial charge in [-0.05, 0) is 27.7 Å². The zero-order chi connectivity index (χ0) is 75.9. The van der Waals surface area contributed by atoms with E-state index < -0.39 is 173 Å². The Hall–Kier alpha value is -8.47. The van der Waals surface area contributed by atoms with Crippen LogP contribution in [0, 0.1) is 150 Å². The molecule has 0 N–H and O–H groups in total. The molecule has 0 heterocycles. The van der Waals surface area contributed by atoms with E-state index in [1.165, 1.54) is 146 Å². The second-order valence-electron chi connectivity index (χ2n) is 23.5. The second-order valence-corrected chi connectivity index (χ2v) is 38.6. The molecule has 0 aliphatic rings. The van der Waals surface area contributed by atoms with E-state index in [4.69, 9.17) is 9.77 Å². The van der Waals surface area contributed by atoms with Crippen molar-refractivity contribution < 1.29 is 101 Å². The van der Waals surface area contributed by atoms with E-state index in [-0.39, 0.29) is 36.5 Å². The van der Waals surface area contributed by atoms with Crippen molar-refractivity contribution in [2.75, 3.05) is 0 Å². The summed E-state index contributed by atoms with van der Waals surface area (Å²) in [5, 5.41) is 0. The van der Waals surface area contributed by atoms with E-state index in [2.05, 4.69) is 0 Å². The molecular weight excluding hydrogens is 1610 g/mol. The Morgan fingerprint density at radius 3 is 0.683 bits per heavy atom. The minimum absolute atomic E-state index is 0.00260. The molecule has 0 aliphatic carbocycles. The van der Waals surface area contributed by atoms with Crippen LogP contribution in [-0.2, 0) is 40.1 Å². The fraction of sp³-hybridized carbons (Fsp3) is 0.108. The molecule has 0 spiro atoms. The normalized spacial score (nSPS) is 12.8. The number of hydrogen-bond donors (Lipinski definition) is 0. The van der Waals surface area contributed by atoms with Gasteiger partial charge in [0.05, 0.1) is 0 Å². The van der Waals surface area contributed by atoms with Gasteiger partial charge in [0, 0.05) is 0 Å². The van der Waals surface area contributed by atoms with Gasteiger partial charge in [0.1, 0.15) is 0 Å². The van der Waals surface area contributed by atoms with Crippen LogP contribution in [0.5, 0.6) is 0 Å². The Kier molecular flexibility index (Phi) is 21.2. The predicted octanol–water partition coefficient (Wildman–Crippen LogP) is 21.6. The van der Waals surface area contributed by atoms with Crippen molar-refractivity contribution in [3.63, 3.8) is 0 Å². The van der Waals surface area contributed by atoms with Gasteiger partial charge in [-0.2, -0.15) is 0 Å². The van der Waals surface area contributed by atoms with E-state index in [0.29, 0.717) is 66.8 Å². The number of hydrogen-bond acceptors (Lipinski definition) is 9. The summed E-state index contributed by atoms with van der Waals surface area (Å²) in [4.78, 5) is -6.29. The summed E-state index contributed by atoms with van der Waals surface area (Å²) in [6, 6.07) is 41.1. The number of aryl methyl sites for hydroxylation is 4. The Balaban J connectivity index is 1.02. The van der Waals surface area contributed by atoms with Gasteiger partial charge >= 0.3 is 449 Å². The quantitative estimate of drug-likeness (QED) is 0.0336. The zero-order valence-corrected chi connectivity index (χ0v) is 61.2. The fourth-order valence-corrected chi connectivity index (χ4v) is 30.0. The monoisotopic (exact) mass is 1660 g/mol. The zero-order valence-electron chi connectivity index (χ0n) is 54.9. The van der Waals surface area contributed by atoms with Gasteiger partial charge in [-0.3, -0.25) is 0 Å². The van der Waals surface area contributed by atoms with Crippen LogP contribution in [0.4, 0.5) is 65.9 Å². The van der Waals surface area contributed by atoms with E-state index in [0.717, 1.165) is 0 Å². The van der Waals surface area contributed by atoms with Crippen molar-refractivity contribution in [2.24, 2.45) is 0 Å². The average Bonchev–Trinajstić information content (AvgIpc) is 0.725. The molecule has 30 heteroatoms. The van der Waals surface area contributed by atoms with Crippen LogP contribution in [0.2, 0.25) is 0 Å². The Labute approximate surface area is 598 Å². The fourth-order valence-electron chi connectivity index (χ4n) is 11.4. The summed E-state index contributed by atoms with van der Waals surface area (Å²) in [7, 11) is -25.8. The third-order valence-electron chi connectivity index (χ3n) is 17.4. The van der Waals surface area contributed by atoms with Crippen molar-refractivity contribution in [3.8, 4) is 22.3 Å². The molecule has 0 bridgehead atoms. The minimum atomic E-state index is -6.02. The van der Waals surface area contributed by atoms with Gasteiger partial charge in [0.15, 0.2) is 46.5 Å². The van der Waals surface area contributed by atoms with Crippen molar-refractivity contribution in [2.45, 2.75) is 99.4 Å². The molecule has 11 aromatic rings. The van der Waals surface area contributed by atoms with Crippen LogP contribution >= 0.6 is 40.9 Å². The molecule has 0 unspecified atom stereocenters. The standard InChI is InChI=1S/C74H52F15IO9S5/c1-37-13-9-17-53(41(37)5)100(54-18-10-14-38(2)42(54)6,98-103(93,94)73-68(86)62(80)58(76)63(81)69(73)87)51-33-25-47(26-34-51)45-21-29-49(30-22-45)90(97-102(91,92)72-66(84)60(78)57(75)61(79)67(72)85)50-31-23-46(24-32-50)48-27-35-52(36-28-48)101(55-19-11-15-39(3)43(55)7,56-20-12-16-40(4)44(56)8)99-104(95,96)74-70(88)64(82)59(77)65(83)71(74)89/h9-36H,1-8H3. The molecule has 0 aliphatic heterocycles. The van der Waals surface area contributed by atoms with E-state index in [1.54, 1.807) is 79.7 Å². The van der Waals surface area contributed by atoms with Crippen molar-refractivity contribution in [1.82, 2.24) is 0 Å². The van der Waals surface area contributed by atoms with Crippen LogP contribution in [0.25, 0.3) is 22.3 Å². The van der Waals surface area contributed by atoms with Crippen LogP contribution in [0.3, 0.4) is 0 Å². The molecule has 0 atom stereocenters. The van der Waals surface area contributed by atoms with Crippen molar-refractivity contribution in [3.05, 3.63) is 309 Å². The Morgan fingerprint density at radius 2 is 0.452 bits per heavy atom. The summed E-state index contributed by atoms with van der Waals surface area (Å²) in [5.41, 5.74) is 5.08. The van der Waals surface area contributed by atoms with Gasteiger partial charge < -0.3 is 0 Å². The number of benzene rings is 11. The average molecular weight is 1660 g/mol. The summed E-state index contributed by atoms with van der Waals surface area (Å²) >= 11 is -4.33. The molecule has 544 valence electrons. The molecule has 11 rings (SSSR count). The van der Waals surface area contributed by atoms with Gasteiger partial charge in [-0.15, -0.1) is 0 Å². The van der Waals surface area contributed by atoms with E-state index >= 15 is 26.3 Å². The predicted molar refractivity (Wildman–Crippen MR) is 367 cm³/mol. The van der Waals surface area contributed by atoms with Crippen molar-refractivity contribution >= 4 is 71.2 Å². The first kappa shape index (κ1) is 76.7. The maximum atomic E-state index is 15.6. The summed E-state index contributed by atoms with van der Waals surface area (Å²) in [6.07, 6.45) is 0. The maximum absolute atomic E-state index is 15.6. The second kappa shape index (κ2) is 28.8. The number of rotatable bonds is 19. The third kappa shape index (κ3) is 13.2. The van der Waals surface area contributed by atoms with Gasteiger partial charge in [0.2, 0.25) is 11.6 Å². The summed E-state index contributed by atoms with van der Waals surface area (Å²) in [5.74, 6) is -39.6. The van der Waals surface area contributed by atoms with Crippen LogP contribution in [-0.4, -0.2) is 25.3 Å². The molecule has 104 heavy (non-hydrogen) atoms. The molecule has 0 aromatic heterocycles. The van der Waals surface area contributed by atoms with Crippen LogP contribution in [0.15, 0.2) is 214 Å². The summed E-state index contributed by atoms with van der Waals surface area (Å²) in [6.45, 7) is 13.1. The van der Waals surface area contributed by atoms with E-state index in [9.17, 15) is 64.8 Å². The SMILES string of the molecule is Cc1cccc(S(OS(=O)(=O)c2c(F)c(F)c(F)c(F)c2F)(c2ccc(-c3ccc(I(OS(=O)(=O)c4c(F)c(F)c(F)c(F)c4F)c4ccc(-c5ccc(S(OS(=O)(=O)c6c(F)c(F)c(F)c(F)c6F)(c6cccc(C)c6C)c6cccc(C)c6C)cc5)cc4)cc3)cc2)c2cccc(C)c2C)c1C. The first-order valence-electron chi connectivity index (χ1n) is 30.3. The van der Waals surface area contributed by atoms with Crippen LogP contribution < -0.4 is 0 Å². The Bertz CT molecular complexity index is 5210. The molecule has 0 amide bonds. The van der Waals surface area contributed by atoms with Gasteiger partial charge in [0.25, 0.3) is 0 Å². The molecular formula is C74H52F15IO9S5. The Morgan fingerprint density at radius 1 is 0.250 bits per heavy atom. The topological polar surface area (TPSA) is 130 Å². The summed E-state index contributed by atoms with van der Waals surface area (Å²) < 4.78 is 330. The molecule has 11 aromatic carbocycles. The molecule has 0 radical (unpaired) electrons. The molecule has 0 fully saturated rings. The van der Waals surface area contributed by atoms with Crippen LogP contribution in [0.1, 0.15) is 44.5 Å². The molecule has 0 saturated carbocycles. The molecule has 9 nitrogen and oxygen atoms in total. The first-order valence-corrected chi connectivity index (χ1v) is 40.7. The van der Waals surface area contributed by atoms with E-state index in [1.807, 2.05) is 0 Å². The third-order valence-corrected chi connectivity index (χ3v) is 35.6. The first-order chi connectivity index (χ1) is 48.9.